The molecule has 0 bridgehead atoms. The average Bonchev–Trinajstić information content (AvgIpc) is 2.65. The minimum atomic E-state index is -0.488. The lowest BCUT2D eigenvalue weighted by molar-refractivity contribution is -0.384. The minimum Gasteiger partial charge on any atom is -0.460 e. The van der Waals surface area contributed by atoms with Gasteiger partial charge in [-0.15, -0.1) is 12.4 Å². The molecule has 1 aromatic carbocycles. The van der Waals surface area contributed by atoms with Crippen LogP contribution in [-0.4, -0.2) is 30.1 Å². The maximum Gasteiger partial charge on any atom is 0.338 e. The minimum absolute atomic E-state index is 0. The Morgan fingerprint density at radius 2 is 1.92 bits per heavy atom. The van der Waals surface area contributed by atoms with Crippen molar-refractivity contribution >= 4 is 24.1 Å². The van der Waals surface area contributed by atoms with Crippen molar-refractivity contribution in [2.75, 3.05) is 13.2 Å². The lowest BCUT2D eigenvalue weighted by Crippen LogP contribution is -2.35. The molecule has 1 unspecified atom stereocenters. The normalized spacial score (nSPS) is 15.7. The first-order valence-electron chi connectivity index (χ1n) is 9.25. The number of nitrogens with one attached hydrogen (secondary N) is 1. The molecular formula is C19H29ClN2O4. The fourth-order valence-electron chi connectivity index (χ4n) is 3.27. The number of benzene rings is 1. The second-order valence-electron chi connectivity index (χ2n) is 6.75. The predicted octanol–water partition coefficient (Wildman–Crippen LogP) is 4.51. The van der Waals surface area contributed by atoms with Crippen molar-refractivity contribution in [3.63, 3.8) is 0 Å². The molecule has 1 N–H and O–H groups in total. The summed E-state index contributed by atoms with van der Waals surface area (Å²) in [6.07, 6.45) is 8.84. The van der Waals surface area contributed by atoms with Gasteiger partial charge in [-0.3, -0.25) is 10.1 Å². The van der Waals surface area contributed by atoms with Crippen LogP contribution in [0.3, 0.4) is 0 Å². The molecule has 1 saturated carbocycles. The third-order valence-corrected chi connectivity index (χ3v) is 4.93. The van der Waals surface area contributed by atoms with E-state index in [9.17, 15) is 14.9 Å². The van der Waals surface area contributed by atoms with Crippen molar-refractivity contribution in [2.24, 2.45) is 5.92 Å². The highest BCUT2D eigenvalue weighted by Gasteiger charge is 2.16. The number of halogens is 1. The van der Waals surface area contributed by atoms with Gasteiger partial charge in [-0.25, -0.2) is 4.79 Å². The molecule has 6 nitrogen and oxygen atoms in total. The molecular weight excluding hydrogens is 356 g/mol. The predicted molar refractivity (Wildman–Crippen MR) is 104 cm³/mol. The molecule has 0 radical (unpaired) electrons. The number of nitro groups is 1. The summed E-state index contributed by atoms with van der Waals surface area (Å²) in [6.45, 7) is 3.34. The Bertz CT molecular complexity index is 559. The Morgan fingerprint density at radius 3 is 2.50 bits per heavy atom. The molecule has 0 saturated heterocycles. The molecule has 0 aromatic heterocycles. The van der Waals surface area contributed by atoms with E-state index in [2.05, 4.69) is 12.2 Å². The van der Waals surface area contributed by atoms with Crippen molar-refractivity contribution in [1.82, 2.24) is 5.32 Å². The third-order valence-electron chi connectivity index (χ3n) is 4.93. The van der Waals surface area contributed by atoms with E-state index in [0.717, 1.165) is 18.9 Å². The maximum absolute atomic E-state index is 12.0. The van der Waals surface area contributed by atoms with E-state index in [1.807, 2.05) is 0 Å². The van der Waals surface area contributed by atoms with E-state index in [1.54, 1.807) is 0 Å². The summed E-state index contributed by atoms with van der Waals surface area (Å²) < 4.78 is 5.35. The number of non-ortho nitro benzene ring substituents is 1. The van der Waals surface area contributed by atoms with Crippen LogP contribution in [0.2, 0.25) is 0 Å². The Morgan fingerprint density at radius 1 is 1.27 bits per heavy atom. The van der Waals surface area contributed by atoms with Crippen molar-refractivity contribution in [3.05, 3.63) is 39.9 Å². The molecule has 1 fully saturated rings. The Hall–Kier alpha value is -1.66. The van der Waals surface area contributed by atoms with Gasteiger partial charge in [0.25, 0.3) is 5.69 Å². The standard InChI is InChI=1S/C19H28N2O4.ClH/c1-2-17(20-13-12-15-6-4-3-5-7-15)14-25-19(22)16-8-10-18(11-9-16)21(23)24;/h8-11,15,17,20H,2-7,12-14H2,1H3;1H. The van der Waals surface area contributed by atoms with Crippen LogP contribution in [0.4, 0.5) is 5.69 Å². The zero-order valence-electron chi connectivity index (χ0n) is 15.3. The summed E-state index contributed by atoms with van der Waals surface area (Å²) >= 11 is 0. The number of carbonyl (C=O) groups is 1. The Balaban J connectivity index is 0.00000338. The van der Waals surface area contributed by atoms with E-state index in [-0.39, 0.29) is 24.1 Å². The van der Waals surface area contributed by atoms with Crippen molar-refractivity contribution in [1.29, 1.82) is 0 Å². The fraction of sp³-hybridized carbons (Fsp3) is 0.632. The van der Waals surface area contributed by atoms with Crippen LogP contribution in [0.15, 0.2) is 24.3 Å². The smallest absolute Gasteiger partial charge is 0.338 e. The summed E-state index contributed by atoms with van der Waals surface area (Å²) in [5.74, 6) is 0.392. The number of hydrogen-bond acceptors (Lipinski definition) is 5. The van der Waals surface area contributed by atoms with Crippen LogP contribution < -0.4 is 5.32 Å². The zero-order chi connectivity index (χ0) is 18.1. The topological polar surface area (TPSA) is 81.5 Å². The molecule has 26 heavy (non-hydrogen) atoms. The summed E-state index contributed by atoms with van der Waals surface area (Å²) in [6, 6.07) is 5.63. The zero-order valence-corrected chi connectivity index (χ0v) is 16.1. The van der Waals surface area contributed by atoms with Gasteiger partial charge in [0.05, 0.1) is 10.5 Å². The van der Waals surface area contributed by atoms with Crippen LogP contribution in [0.25, 0.3) is 0 Å². The van der Waals surface area contributed by atoms with Crippen molar-refractivity contribution in [2.45, 2.75) is 57.9 Å². The van der Waals surface area contributed by atoms with Crippen LogP contribution >= 0.6 is 12.4 Å². The van der Waals surface area contributed by atoms with Crippen molar-refractivity contribution < 1.29 is 14.5 Å². The van der Waals surface area contributed by atoms with E-state index in [0.29, 0.717) is 12.2 Å². The Kier molecular flexibility index (Phi) is 10.2. The number of nitrogens with zero attached hydrogens (tertiary/aromatic N) is 1. The van der Waals surface area contributed by atoms with Gasteiger partial charge in [0.2, 0.25) is 0 Å². The molecule has 0 amide bonds. The van der Waals surface area contributed by atoms with E-state index in [4.69, 9.17) is 4.74 Å². The largest absolute Gasteiger partial charge is 0.460 e. The average molecular weight is 385 g/mol. The highest BCUT2D eigenvalue weighted by molar-refractivity contribution is 5.89. The lowest BCUT2D eigenvalue weighted by atomic mass is 9.87. The molecule has 1 atom stereocenters. The quantitative estimate of drug-likeness (QED) is 0.384. The monoisotopic (exact) mass is 384 g/mol. The second-order valence-corrected chi connectivity index (χ2v) is 6.75. The van der Waals surface area contributed by atoms with Gasteiger partial charge in [-0.1, -0.05) is 39.0 Å². The van der Waals surface area contributed by atoms with Gasteiger partial charge in [0, 0.05) is 18.2 Å². The van der Waals surface area contributed by atoms with Crippen LogP contribution in [-0.2, 0) is 4.74 Å². The summed E-state index contributed by atoms with van der Waals surface area (Å²) in [7, 11) is 0. The molecule has 1 aromatic rings. The van der Waals surface area contributed by atoms with Crippen LogP contribution in [0, 0.1) is 16.0 Å². The summed E-state index contributed by atoms with van der Waals surface area (Å²) in [4.78, 5) is 22.2. The van der Waals surface area contributed by atoms with Crippen LogP contribution in [0.1, 0.15) is 62.2 Å². The molecule has 146 valence electrons. The van der Waals surface area contributed by atoms with Crippen molar-refractivity contribution in [3.8, 4) is 0 Å². The molecule has 2 rings (SSSR count). The van der Waals surface area contributed by atoms with Gasteiger partial charge >= 0.3 is 5.97 Å². The van der Waals surface area contributed by atoms with E-state index < -0.39 is 10.9 Å². The fourth-order valence-corrected chi connectivity index (χ4v) is 3.27. The SMILES string of the molecule is CCC(COC(=O)c1ccc([N+](=O)[O-])cc1)NCCC1CCCCC1.Cl. The highest BCUT2D eigenvalue weighted by atomic mass is 35.5. The second kappa shape index (κ2) is 11.9. The van der Waals surface area contributed by atoms with E-state index in [1.165, 1.54) is 62.8 Å². The number of carbonyl (C=O) groups excluding carboxylic acids is 1. The molecule has 1 aliphatic carbocycles. The van der Waals surface area contributed by atoms with Crippen LogP contribution in [0.5, 0.6) is 0 Å². The molecule has 0 heterocycles. The molecule has 0 spiro atoms. The number of ether oxygens (including phenoxy) is 1. The number of hydrogen-bond donors (Lipinski definition) is 1. The first kappa shape index (κ1) is 22.4. The summed E-state index contributed by atoms with van der Waals surface area (Å²) in [5, 5.41) is 14.1. The first-order valence-corrected chi connectivity index (χ1v) is 9.25. The van der Waals surface area contributed by atoms with Gasteiger partial charge < -0.3 is 10.1 Å². The number of nitro benzene ring substituents is 1. The van der Waals surface area contributed by atoms with Gasteiger partial charge in [0.15, 0.2) is 0 Å². The maximum atomic E-state index is 12.0. The summed E-state index contributed by atoms with van der Waals surface area (Å²) in [5.41, 5.74) is 0.301. The first-order chi connectivity index (χ1) is 12.1. The lowest BCUT2D eigenvalue weighted by Gasteiger charge is -2.23. The molecule has 1 aliphatic rings. The third kappa shape index (κ3) is 7.30. The number of esters is 1. The Labute approximate surface area is 161 Å². The molecule has 0 aliphatic heterocycles. The van der Waals surface area contributed by atoms with E-state index >= 15 is 0 Å². The van der Waals surface area contributed by atoms with Gasteiger partial charge in [-0.2, -0.15) is 0 Å². The van der Waals surface area contributed by atoms with Gasteiger partial charge in [0.1, 0.15) is 6.61 Å². The highest BCUT2D eigenvalue weighted by Crippen LogP contribution is 2.25. The number of rotatable bonds is 9. The van der Waals surface area contributed by atoms with Gasteiger partial charge in [-0.05, 0) is 37.4 Å². The molecule has 7 heteroatoms.